The van der Waals surface area contributed by atoms with Crippen LogP contribution in [0.3, 0.4) is 0 Å². The Morgan fingerprint density at radius 3 is 2.52 bits per heavy atom. The molecule has 0 saturated carbocycles. The van der Waals surface area contributed by atoms with Crippen LogP contribution in [0.15, 0.2) is 54.7 Å². The van der Waals surface area contributed by atoms with Gasteiger partial charge in [-0.25, -0.2) is 14.6 Å². The van der Waals surface area contributed by atoms with Crippen LogP contribution in [0.1, 0.15) is 37.7 Å². The zero-order valence-electron chi connectivity index (χ0n) is 17.7. The van der Waals surface area contributed by atoms with Gasteiger partial charge in [-0.2, -0.15) is 0 Å². The van der Waals surface area contributed by atoms with E-state index in [1.807, 2.05) is 54.7 Å². The number of benzene rings is 1. The molecule has 0 unspecified atom stereocenters. The summed E-state index contributed by atoms with van der Waals surface area (Å²) in [6.45, 7) is 6.93. The molecule has 1 aromatic carbocycles. The van der Waals surface area contributed by atoms with Crippen LogP contribution in [0, 0.1) is 12.3 Å². The van der Waals surface area contributed by atoms with E-state index in [4.69, 9.17) is 17.1 Å². The fourth-order valence-electron chi connectivity index (χ4n) is 3.16. The maximum Gasteiger partial charge on any atom is 0.221 e. The van der Waals surface area contributed by atoms with Crippen LogP contribution in [0.4, 0.5) is 5.95 Å². The fraction of sp³-hybridized carbons (Fsp3) is 0.208. The van der Waals surface area contributed by atoms with E-state index in [1.54, 1.807) is 4.68 Å². The van der Waals surface area contributed by atoms with Crippen LogP contribution >= 0.6 is 0 Å². The standard InChI is InChI=1S/C24H23N7/c1-5-16-8-6-9-17(12-16)19-13-20(28-23(25)27-19)21-15-31(30-29-21)14-18-10-7-11-22(26-18)24(2,3)4/h1,6-13,15H,14H2,2-4H3,(H2,25,27,28). The third-order valence-electron chi connectivity index (χ3n) is 4.77. The fourth-order valence-corrected chi connectivity index (χ4v) is 3.16. The molecule has 0 aliphatic rings. The van der Waals surface area contributed by atoms with Gasteiger partial charge in [0.25, 0.3) is 0 Å². The first-order valence-electron chi connectivity index (χ1n) is 9.90. The molecule has 7 heteroatoms. The molecular formula is C24H23N7. The van der Waals surface area contributed by atoms with Crippen molar-refractivity contribution < 1.29 is 0 Å². The van der Waals surface area contributed by atoms with Crippen molar-refractivity contribution in [1.82, 2.24) is 29.9 Å². The van der Waals surface area contributed by atoms with Gasteiger partial charge in [0.1, 0.15) is 5.69 Å². The second-order valence-electron chi connectivity index (χ2n) is 8.29. The van der Waals surface area contributed by atoms with Crippen molar-refractivity contribution in [1.29, 1.82) is 0 Å². The van der Waals surface area contributed by atoms with Gasteiger partial charge in [-0.1, -0.05) is 50.1 Å². The van der Waals surface area contributed by atoms with Crippen molar-refractivity contribution in [2.75, 3.05) is 5.73 Å². The number of nitrogens with two attached hydrogens (primary N) is 1. The van der Waals surface area contributed by atoms with Gasteiger partial charge in [0.15, 0.2) is 0 Å². The second kappa shape index (κ2) is 8.00. The molecular weight excluding hydrogens is 386 g/mol. The highest BCUT2D eigenvalue weighted by Gasteiger charge is 2.16. The maximum absolute atomic E-state index is 5.96. The number of hydrogen-bond acceptors (Lipinski definition) is 6. The molecule has 0 aliphatic heterocycles. The summed E-state index contributed by atoms with van der Waals surface area (Å²) in [5, 5.41) is 8.51. The van der Waals surface area contributed by atoms with Crippen LogP contribution in [0.2, 0.25) is 0 Å². The highest BCUT2D eigenvalue weighted by molar-refractivity contribution is 5.68. The Morgan fingerprint density at radius 1 is 0.968 bits per heavy atom. The summed E-state index contributed by atoms with van der Waals surface area (Å²) >= 11 is 0. The summed E-state index contributed by atoms with van der Waals surface area (Å²) in [6.07, 6.45) is 7.34. The van der Waals surface area contributed by atoms with Crippen molar-refractivity contribution in [3.05, 3.63) is 71.7 Å². The lowest BCUT2D eigenvalue weighted by atomic mass is 9.91. The maximum atomic E-state index is 5.96. The van der Waals surface area contributed by atoms with E-state index in [2.05, 4.69) is 47.0 Å². The SMILES string of the molecule is C#Cc1cccc(-c2cc(-c3cn(Cc4cccc(C(C)(C)C)n4)nn3)nc(N)n2)c1. The summed E-state index contributed by atoms with van der Waals surface area (Å²) in [4.78, 5) is 13.4. The van der Waals surface area contributed by atoms with Gasteiger partial charge in [0.05, 0.1) is 29.8 Å². The van der Waals surface area contributed by atoms with Crippen LogP contribution in [0.25, 0.3) is 22.6 Å². The van der Waals surface area contributed by atoms with Crippen molar-refractivity contribution >= 4 is 5.95 Å². The zero-order valence-corrected chi connectivity index (χ0v) is 17.7. The van der Waals surface area contributed by atoms with Crippen molar-refractivity contribution in [2.24, 2.45) is 0 Å². The molecule has 2 N–H and O–H groups in total. The molecule has 7 nitrogen and oxygen atoms in total. The zero-order chi connectivity index (χ0) is 22.0. The van der Waals surface area contributed by atoms with E-state index in [9.17, 15) is 0 Å². The first-order chi connectivity index (χ1) is 14.8. The normalized spacial score (nSPS) is 11.3. The molecule has 3 heterocycles. The molecule has 0 spiro atoms. The lowest BCUT2D eigenvalue weighted by Gasteiger charge is -2.18. The molecule has 0 amide bonds. The van der Waals surface area contributed by atoms with Crippen LogP contribution in [-0.4, -0.2) is 29.9 Å². The monoisotopic (exact) mass is 409 g/mol. The number of nitrogen functional groups attached to an aromatic ring is 1. The highest BCUT2D eigenvalue weighted by atomic mass is 15.4. The molecule has 154 valence electrons. The summed E-state index contributed by atoms with van der Waals surface area (Å²) in [5.74, 6) is 2.79. The van der Waals surface area contributed by atoms with Crippen molar-refractivity contribution in [3.8, 4) is 35.0 Å². The smallest absolute Gasteiger partial charge is 0.221 e. The lowest BCUT2D eigenvalue weighted by Crippen LogP contribution is -2.15. The van der Waals surface area contributed by atoms with Crippen molar-refractivity contribution in [2.45, 2.75) is 32.7 Å². The number of pyridine rings is 1. The second-order valence-corrected chi connectivity index (χ2v) is 8.29. The van der Waals surface area contributed by atoms with Crippen LogP contribution < -0.4 is 5.73 Å². The van der Waals surface area contributed by atoms with E-state index in [1.165, 1.54) is 0 Å². The van der Waals surface area contributed by atoms with E-state index in [-0.39, 0.29) is 11.4 Å². The molecule has 3 aromatic heterocycles. The van der Waals surface area contributed by atoms with Crippen LogP contribution in [-0.2, 0) is 12.0 Å². The number of nitrogens with zero attached hydrogens (tertiary/aromatic N) is 6. The third-order valence-corrected chi connectivity index (χ3v) is 4.77. The van der Waals surface area contributed by atoms with Crippen LogP contribution in [0.5, 0.6) is 0 Å². The topological polar surface area (TPSA) is 95.4 Å². The van der Waals surface area contributed by atoms with Gasteiger partial charge in [0, 0.05) is 22.2 Å². The van der Waals surface area contributed by atoms with Gasteiger partial charge >= 0.3 is 0 Å². The third kappa shape index (κ3) is 4.59. The highest BCUT2D eigenvalue weighted by Crippen LogP contribution is 2.24. The summed E-state index contributed by atoms with van der Waals surface area (Å²) in [6, 6.07) is 15.4. The molecule has 4 aromatic rings. The summed E-state index contributed by atoms with van der Waals surface area (Å²) in [7, 11) is 0. The molecule has 0 saturated heterocycles. The summed E-state index contributed by atoms with van der Waals surface area (Å²) < 4.78 is 1.74. The summed E-state index contributed by atoms with van der Waals surface area (Å²) in [5.41, 5.74) is 11.4. The lowest BCUT2D eigenvalue weighted by molar-refractivity contribution is 0.559. The van der Waals surface area contributed by atoms with Gasteiger partial charge < -0.3 is 5.73 Å². The number of rotatable bonds is 4. The predicted octanol–water partition coefficient (Wildman–Crippen LogP) is 3.71. The number of anilines is 1. The van der Waals surface area contributed by atoms with Gasteiger partial charge in [0.2, 0.25) is 5.95 Å². The molecule has 0 fully saturated rings. The van der Waals surface area contributed by atoms with E-state index < -0.39 is 0 Å². The first-order valence-corrected chi connectivity index (χ1v) is 9.90. The van der Waals surface area contributed by atoms with E-state index in [0.717, 1.165) is 22.5 Å². The molecule has 4 rings (SSSR count). The molecule has 0 aliphatic carbocycles. The Hall–Kier alpha value is -4.05. The molecule has 31 heavy (non-hydrogen) atoms. The van der Waals surface area contributed by atoms with E-state index >= 15 is 0 Å². The molecule has 0 radical (unpaired) electrons. The van der Waals surface area contributed by atoms with Gasteiger partial charge in [-0.05, 0) is 30.3 Å². The number of aromatic nitrogens is 6. The average Bonchev–Trinajstić information content (AvgIpc) is 3.21. The predicted molar refractivity (Wildman–Crippen MR) is 121 cm³/mol. The van der Waals surface area contributed by atoms with Gasteiger partial charge in [-0.15, -0.1) is 11.5 Å². The minimum absolute atomic E-state index is 0.0187. The minimum Gasteiger partial charge on any atom is -0.368 e. The first kappa shape index (κ1) is 20.2. The Bertz CT molecular complexity index is 1280. The minimum atomic E-state index is -0.0187. The molecule has 0 atom stereocenters. The Morgan fingerprint density at radius 2 is 1.74 bits per heavy atom. The number of hydrogen-bond donors (Lipinski definition) is 1. The van der Waals surface area contributed by atoms with E-state index in [0.29, 0.717) is 23.6 Å². The quantitative estimate of drug-likeness (QED) is 0.516. The Labute approximate surface area is 181 Å². The van der Waals surface area contributed by atoms with Crippen molar-refractivity contribution in [3.63, 3.8) is 0 Å². The largest absolute Gasteiger partial charge is 0.368 e. The Kier molecular flexibility index (Phi) is 5.22. The number of terminal acetylenes is 1. The Balaban J connectivity index is 1.62. The average molecular weight is 409 g/mol. The molecule has 0 bridgehead atoms. The van der Waals surface area contributed by atoms with Gasteiger partial charge in [-0.3, -0.25) is 4.98 Å².